The number of nitrogens with one attached hydrogen (secondary N) is 1. The number of hydrogen-bond donors (Lipinski definition) is 1. The lowest BCUT2D eigenvalue weighted by molar-refractivity contribution is 0.347. The minimum Gasteiger partial charge on any atom is -0.348 e. The third-order valence-electron chi connectivity index (χ3n) is 3.62. The van der Waals surface area contributed by atoms with Crippen LogP contribution in [0.5, 0.6) is 0 Å². The van der Waals surface area contributed by atoms with Gasteiger partial charge in [-0.15, -0.1) is 0 Å². The van der Waals surface area contributed by atoms with Crippen molar-refractivity contribution in [3.05, 3.63) is 29.8 Å². The van der Waals surface area contributed by atoms with E-state index in [0.717, 1.165) is 43.4 Å². The molecule has 1 heterocycles. The zero-order chi connectivity index (χ0) is 13.7. The molecule has 0 aromatic heterocycles. The Balaban J connectivity index is 1.92. The lowest BCUT2D eigenvalue weighted by Crippen LogP contribution is -2.37. The fourth-order valence-electron chi connectivity index (χ4n) is 2.28. The molecule has 104 valence electrons. The molecule has 0 saturated carbocycles. The van der Waals surface area contributed by atoms with Crippen molar-refractivity contribution in [2.45, 2.75) is 19.8 Å². The summed E-state index contributed by atoms with van der Waals surface area (Å²) in [7, 11) is 2.17. The third kappa shape index (κ3) is 4.18. The van der Waals surface area contributed by atoms with Gasteiger partial charge in [0, 0.05) is 25.3 Å². The Morgan fingerprint density at radius 1 is 1.16 bits per heavy atom. The fourth-order valence-corrected chi connectivity index (χ4v) is 2.58. The summed E-state index contributed by atoms with van der Waals surface area (Å²) in [5.74, 6) is 0. The highest BCUT2D eigenvalue weighted by Crippen LogP contribution is 2.12. The highest BCUT2D eigenvalue weighted by Gasteiger charge is 2.14. The molecule has 0 amide bonds. The van der Waals surface area contributed by atoms with Crippen LogP contribution < -0.4 is 5.32 Å². The Morgan fingerprint density at radius 3 is 2.58 bits per heavy atom. The number of rotatable bonds is 2. The monoisotopic (exact) mass is 277 g/mol. The molecule has 2 rings (SSSR count). The molecule has 1 aliphatic rings. The van der Waals surface area contributed by atoms with Gasteiger partial charge in [0.05, 0.1) is 0 Å². The van der Waals surface area contributed by atoms with Gasteiger partial charge in [0.2, 0.25) is 0 Å². The average molecular weight is 277 g/mol. The fraction of sp³-hybridized carbons (Fsp3) is 0.533. The predicted molar refractivity (Wildman–Crippen MR) is 85.7 cm³/mol. The Labute approximate surface area is 121 Å². The van der Waals surface area contributed by atoms with Crippen LogP contribution in [-0.2, 0) is 6.42 Å². The van der Waals surface area contributed by atoms with Crippen LogP contribution in [0.1, 0.15) is 18.9 Å². The Bertz CT molecular complexity index is 416. The molecule has 1 fully saturated rings. The van der Waals surface area contributed by atoms with E-state index in [1.807, 2.05) is 0 Å². The number of nitrogens with zero attached hydrogens (tertiary/aromatic N) is 2. The molecule has 1 N–H and O–H groups in total. The summed E-state index contributed by atoms with van der Waals surface area (Å²) < 4.78 is 0. The number of aryl methyl sites for hydroxylation is 1. The molecule has 1 saturated heterocycles. The van der Waals surface area contributed by atoms with Crippen molar-refractivity contribution in [3.8, 4) is 0 Å². The van der Waals surface area contributed by atoms with E-state index in [1.54, 1.807) is 0 Å². The molecule has 0 spiro atoms. The zero-order valence-electron chi connectivity index (χ0n) is 11.9. The van der Waals surface area contributed by atoms with Crippen molar-refractivity contribution in [2.75, 3.05) is 38.5 Å². The molecule has 0 bridgehead atoms. The number of hydrogen-bond acceptors (Lipinski definition) is 2. The van der Waals surface area contributed by atoms with Crippen molar-refractivity contribution in [1.82, 2.24) is 9.80 Å². The first-order valence-electron chi connectivity index (χ1n) is 7.02. The lowest BCUT2D eigenvalue weighted by Gasteiger charge is -2.24. The molecule has 19 heavy (non-hydrogen) atoms. The van der Waals surface area contributed by atoms with Crippen LogP contribution in [0.2, 0.25) is 0 Å². The van der Waals surface area contributed by atoms with Gasteiger partial charge in [0.25, 0.3) is 0 Å². The third-order valence-corrected chi connectivity index (χ3v) is 3.98. The van der Waals surface area contributed by atoms with Gasteiger partial charge in [0.1, 0.15) is 0 Å². The summed E-state index contributed by atoms with van der Waals surface area (Å²) in [6.07, 6.45) is 2.25. The largest absolute Gasteiger partial charge is 0.348 e. The van der Waals surface area contributed by atoms with Crippen molar-refractivity contribution < 1.29 is 0 Å². The van der Waals surface area contributed by atoms with Gasteiger partial charge < -0.3 is 15.1 Å². The Kier molecular flexibility index (Phi) is 5.16. The van der Waals surface area contributed by atoms with Crippen molar-refractivity contribution in [1.29, 1.82) is 0 Å². The Morgan fingerprint density at radius 2 is 1.89 bits per heavy atom. The van der Waals surface area contributed by atoms with Gasteiger partial charge in [-0.3, -0.25) is 0 Å². The molecular weight excluding hydrogens is 254 g/mol. The maximum atomic E-state index is 5.51. The second-order valence-electron chi connectivity index (χ2n) is 5.12. The lowest BCUT2D eigenvalue weighted by atomic mass is 10.1. The first-order chi connectivity index (χ1) is 9.19. The van der Waals surface area contributed by atoms with Crippen molar-refractivity contribution in [2.24, 2.45) is 0 Å². The van der Waals surface area contributed by atoms with E-state index in [0.29, 0.717) is 0 Å². The topological polar surface area (TPSA) is 18.5 Å². The second-order valence-corrected chi connectivity index (χ2v) is 5.51. The summed E-state index contributed by atoms with van der Waals surface area (Å²) in [6.45, 7) is 6.46. The summed E-state index contributed by atoms with van der Waals surface area (Å²) in [4.78, 5) is 4.63. The summed E-state index contributed by atoms with van der Waals surface area (Å²) >= 11 is 5.51. The van der Waals surface area contributed by atoms with Crippen LogP contribution in [0.15, 0.2) is 24.3 Å². The standard InChI is InChI=1S/C15H23N3S/c1-3-13-5-7-14(8-6-13)16-15(19)18-10-4-9-17(2)11-12-18/h5-8H,3-4,9-12H2,1-2H3,(H,16,19). The van der Waals surface area contributed by atoms with Crippen molar-refractivity contribution in [3.63, 3.8) is 0 Å². The van der Waals surface area contributed by atoms with E-state index in [4.69, 9.17) is 12.2 Å². The molecule has 0 radical (unpaired) electrons. The van der Waals surface area contributed by atoms with Gasteiger partial charge >= 0.3 is 0 Å². The van der Waals surface area contributed by atoms with E-state index >= 15 is 0 Å². The Hall–Kier alpha value is -1.13. The van der Waals surface area contributed by atoms with Crippen LogP contribution in [-0.4, -0.2) is 48.1 Å². The van der Waals surface area contributed by atoms with Gasteiger partial charge in [-0.05, 0) is 56.3 Å². The molecule has 0 atom stereocenters. The van der Waals surface area contributed by atoms with E-state index in [2.05, 4.69) is 53.4 Å². The van der Waals surface area contributed by atoms with E-state index in [-0.39, 0.29) is 0 Å². The number of thiocarbonyl (C=S) groups is 1. The van der Waals surface area contributed by atoms with Crippen molar-refractivity contribution >= 4 is 23.0 Å². The highest BCUT2D eigenvalue weighted by molar-refractivity contribution is 7.80. The first-order valence-corrected chi connectivity index (χ1v) is 7.43. The molecule has 3 nitrogen and oxygen atoms in total. The molecule has 0 unspecified atom stereocenters. The molecular formula is C15H23N3S. The number of likely N-dealkylation sites (N-methyl/N-ethyl adjacent to an activating group) is 1. The van der Waals surface area contributed by atoms with E-state index in [9.17, 15) is 0 Å². The first kappa shape index (κ1) is 14.3. The summed E-state index contributed by atoms with van der Waals surface area (Å²) in [5, 5.41) is 4.19. The molecule has 1 aromatic carbocycles. The van der Waals surface area contributed by atoms with Gasteiger partial charge in [-0.1, -0.05) is 19.1 Å². The molecule has 0 aliphatic carbocycles. The predicted octanol–water partition coefficient (Wildman–Crippen LogP) is 2.58. The molecule has 4 heteroatoms. The second kappa shape index (κ2) is 6.87. The quantitative estimate of drug-likeness (QED) is 0.837. The van der Waals surface area contributed by atoms with Crippen LogP contribution >= 0.6 is 12.2 Å². The zero-order valence-corrected chi connectivity index (χ0v) is 12.7. The minimum atomic E-state index is 0.847. The van der Waals surface area contributed by atoms with Gasteiger partial charge in [-0.25, -0.2) is 0 Å². The van der Waals surface area contributed by atoms with Crippen LogP contribution in [0.25, 0.3) is 0 Å². The molecule has 1 aliphatic heterocycles. The normalized spacial score (nSPS) is 17.1. The van der Waals surface area contributed by atoms with Gasteiger partial charge in [-0.2, -0.15) is 0 Å². The summed E-state index contributed by atoms with van der Waals surface area (Å²) in [5.41, 5.74) is 2.44. The van der Waals surface area contributed by atoms with Crippen LogP contribution in [0, 0.1) is 0 Å². The van der Waals surface area contributed by atoms with Gasteiger partial charge in [0.15, 0.2) is 5.11 Å². The maximum Gasteiger partial charge on any atom is 0.173 e. The average Bonchev–Trinajstić information content (AvgIpc) is 2.64. The van der Waals surface area contributed by atoms with E-state index < -0.39 is 0 Å². The van der Waals surface area contributed by atoms with Crippen LogP contribution in [0.3, 0.4) is 0 Å². The molecule has 1 aromatic rings. The van der Waals surface area contributed by atoms with E-state index in [1.165, 1.54) is 12.0 Å². The minimum absolute atomic E-state index is 0.847. The number of benzene rings is 1. The summed E-state index contributed by atoms with van der Waals surface area (Å²) in [6, 6.07) is 8.52. The smallest absolute Gasteiger partial charge is 0.173 e. The van der Waals surface area contributed by atoms with Crippen LogP contribution in [0.4, 0.5) is 5.69 Å². The highest BCUT2D eigenvalue weighted by atomic mass is 32.1. The maximum absolute atomic E-state index is 5.51. The SMILES string of the molecule is CCc1ccc(NC(=S)N2CCCN(C)CC2)cc1. The number of anilines is 1.